The highest BCUT2D eigenvalue weighted by atomic mass is 35.5. The summed E-state index contributed by atoms with van der Waals surface area (Å²) >= 11 is 6.29. The van der Waals surface area contributed by atoms with Crippen LogP contribution in [0.2, 0.25) is 5.02 Å². The SMILES string of the molecule is Cc1cc(Cl)c(C)c(CC2CCN(CCc3ccccc3)C2=O)c1. The molecule has 1 unspecified atom stereocenters. The average Bonchev–Trinajstić information content (AvgIpc) is 2.91. The lowest BCUT2D eigenvalue weighted by Crippen LogP contribution is -2.30. The first kappa shape index (κ1) is 17.0. The number of aryl methyl sites for hydroxylation is 1. The second-order valence-corrected chi connectivity index (χ2v) is 7.19. The Morgan fingerprint density at radius 3 is 2.67 bits per heavy atom. The van der Waals surface area contributed by atoms with Gasteiger partial charge in [0.05, 0.1) is 0 Å². The van der Waals surface area contributed by atoms with Crippen LogP contribution in [0.15, 0.2) is 42.5 Å². The zero-order valence-corrected chi connectivity index (χ0v) is 15.1. The molecule has 1 aliphatic rings. The zero-order chi connectivity index (χ0) is 17.1. The number of likely N-dealkylation sites (tertiary alicyclic amines) is 1. The Labute approximate surface area is 149 Å². The maximum Gasteiger partial charge on any atom is 0.226 e. The van der Waals surface area contributed by atoms with Crippen LogP contribution in [0.3, 0.4) is 0 Å². The number of halogens is 1. The van der Waals surface area contributed by atoms with Crippen molar-refractivity contribution in [3.63, 3.8) is 0 Å². The number of carbonyl (C=O) groups is 1. The van der Waals surface area contributed by atoms with Crippen LogP contribution in [0.4, 0.5) is 0 Å². The summed E-state index contributed by atoms with van der Waals surface area (Å²) in [6, 6.07) is 14.5. The Hall–Kier alpha value is -1.80. The molecule has 3 heteroatoms. The third-order valence-electron chi connectivity index (χ3n) is 4.98. The minimum atomic E-state index is 0.0948. The number of hydrogen-bond donors (Lipinski definition) is 0. The van der Waals surface area contributed by atoms with E-state index in [1.54, 1.807) is 0 Å². The first-order valence-corrected chi connectivity index (χ1v) is 9.00. The molecule has 24 heavy (non-hydrogen) atoms. The summed E-state index contributed by atoms with van der Waals surface area (Å²) in [4.78, 5) is 14.7. The lowest BCUT2D eigenvalue weighted by Gasteiger charge is -2.17. The van der Waals surface area contributed by atoms with Crippen molar-refractivity contribution in [2.45, 2.75) is 33.1 Å². The summed E-state index contributed by atoms with van der Waals surface area (Å²) in [7, 11) is 0. The van der Waals surface area contributed by atoms with Gasteiger partial charge in [0.15, 0.2) is 0 Å². The zero-order valence-electron chi connectivity index (χ0n) is 14.4. The molecule has 3 rings (SSSR count). The molecule has 126 valence electrons. The van der Waals surface area contributed by atoms with E-state index < -0.39 is 0 Å². The molecule has 1 fully saturated rings. The lowest BCUT2D eigenvalue weighted by atomic mass is 9.94. The van der Waals surface area contributed by atoms with Crippen molar-refractivity contribution < 1.29 is 4.79 Å². The summed E-state index contributed by atoms with van der Waals surface area (Å²) in [6.45, 7) is 5.78. The molecule has 2 nitrogen and oxygen atoms in total. The van der Waals surface area contributed by atoms with Gasteiger partial charge in [0.2, 0.25) is 5.91 Å². The van der Waals surface area contributed by atoms with Crippen LogP contribution in [0.1, 0.15) is 28.7 Å². The quantitative estimate of drug-likeness (QED) is 0.778. The van der Waals surface area contributed by atoms with Gasteiger partial charge in [-0.3, -0.25) is 4.79 Å². The van der Waals surface area contributed by atoms with Gasteiger partial charge in [0.25, 0.3) is 0 Å². The van der Waals surface area contributed by atoms with Crippen molar-refractivity contribution in [1.29, 1.82) is 0 Å². The molecule has 0 aliphatic carbocycles. The molecule has 1 atom stereocenters. The van der Waals surface area contributed by atoms with Crippen LogP contribution in [-0.2, 0) is 17.6 Å². The molecule has 2 aromatic rings. The predicted octanol–water partition coefficient (Wildman–Crippen LogP) is 4.59. The molecule has 0 radical (unpaired) electrons. The summed E-state index contributed by atoms with van der Waals surface area (Å²) < 4.78 is 0. The Morgan fingerprint density at radius 1 is 1.17 bits per heavy atom. The fourth-order valence-corrected chi connectivity index (χ4v) is 3.78. The minimum absolute atomic E-state index is 0.0948. The van der Waals surface area contributed by atoms with E-state index in [0.29, 0.717) is 5.91 Å². The van der Waals surface area contributed by atoms with Gasteiger partial charge < -0.3 is 4.90 Å². The molecule has 0 aromatic heterocycles. The van der Waals surface area contributed by atoms with Gasteiger partial charge in [-0.25, -0.2) is 0 Å². The van der Waals surface area contributed by atoms with Crippen molar-refractivity contribution in [3.8, 4) is 0 Å². The molecule has 0 N–H and O–H groups in total. The molecule has 0 bridgehead atoms. The van der Waals surface area contributed by atoms with Gasteiger partial charge in [0, 0.05) is 24.0 Å². The highest BCUT2D eigenvalue weighted by Gasteiger charge is 2.31. The van der Waals surface area contributed by atoms with Crippen LogP contribution in [0.25, 0.3) is 0 Å². The van der Waals surface area contributed by atoms with Gasteiger partial charge in [-0.05, 0) is 61.4 Å². The molecule has 1 amide bonds. The van der Waals surface area contributed by atoms with Gasteiger partial charge >= 0.3 is 0 Å². The summed E-state index contributed by atoms with van der Waals surface area (Å²) in [5.41, 5.74) is 4.77. The summed E-state index contributed by atoms with van der Waals surface area (Å²) in [5, 5.41) is 0.802. The largest absolute Gasteiger partial charge is 0.342 e. The first-order valence-electron chi connectivity index (χ1n) is 8.63. The van der Waals surface area contributed by atoms with Crippen molar-refractivity contribution in [2.24, 2.45) is 5.92 Å². The monoisotopic (exact) mass is 341 g/mol. The molecule has 0 saturated carbocycles. The van der Waals surface area contributed by atoms with Crippen LogP contribution in [-0.4, -0.2) is 23.9 Å². The fraction of sp³-hybridized carbons (Fsp3) is 0.381. The molecule has 2 aromatic carbocycles. The third kappa shape index (κ3) is 3.81. The number of nitrogens with zero attached hydrogens (tertiary/aromatic N) is 1. The van der Waals surface area contributed by atoms with Gasteiger partial charge in [-0.1, -0.05) is 48.0 Å². The topological polar surface area (TPSA) is 20.3 Å². The number of carbonyl (C=O) groups excluding carboxylic acids is 1. The van der Waals surface area contributed by atoms with E-state index >= 15 is 0 Å². The van der Waals surface area contributed by atoms with E-state index in [0.717, 1.165) is 48.5 Å². The van der Waals surface area contributed by atoms with Crippen LogP contribution >= 0.6 is 11.6 Å². The van der Waals surface area contributed by atoms with Crippen LogP contribution in [0, 0.1) is 19.8 Å². The molecule has 0 spiro atoms. The van der Waals surface area contributed by atoms with Crippen molar-refractivity contribution in [1.82, 2.24) is 4.90 Å². The van der Waals surface area contributed by atoms with E-state index in [9.17, 15) is 4.79 Å². The van der Waals surface area contributed by atoms with Crippen molar-refractivity contribution in [2.75, 3.05) is 13.1 Å². The second-order valence-electron chi connectivity index (χ2n) is 6.78. The molecule has 1 aliphatic heterocycles. The first-order chi connectivity index (χ1) is 11.5. The van der Waals surface area contributed by atoms with Crippen LogP contribution in [0.5, 0.6) is 0 Å². The molecule has 1 saturated heterocycles. The Morgan fingerprint density at radius 2 is 1.92 bits per heavy atom. The normalized spacial score (nSPS) is 17.5. The Balaban J connectivity index is 1.62. The maximum absolute atomic E-state index is 12.7. The Kier molecular flexibility index (Phi) is 5.25. The van der Waals surface area contributed by atoms with E-state index in [1.807, 2.05) is 36.1 Å². The molecule has 1 heterocycles. The van der Waals surface area contributed by atoms with E-state index in [4.69, 9.17) is 11.6 Å². The number of hydrogen-bond acceptors (Lipinski definition) is 1. The number of rotatable bonds is 5. The number of amides is 1. The molecular formula is C21H24ClNO. The highest BCUT2D eigenvalue weighted by Crippen LogP contribution is 2.28. The van der Waals surface area contributed by atoms with Gasteiger partial charge in [-0.15, -0.1) is 0 Å². The second kappa shape index (κ2) is 7.40. The van der Waals surface area contributed by atoms with Gasteiger partial charge in [0.1, 0.15) is 0 Å². The van der Waals surface area contributed by atoms with Gasteiger partial charge in [-0.2, -0.15) is 0 Å². The smallest absolute Gasteiger partial charge is 0.226 e. The third-order valence-corrected chi connectivity index (χ3v) is 5.38. The summed E-state index contributed by atoms with van der Waals surface area (Å²) in [5.74, 6) is 0.389. The average molecular weight is 342 g/mol. The number of benzene rings is 2. The van der Waals surface area contributed by atoms with E-state index in [2.05, 4.69) is 25.1 Å². The van der Waals surface area contributed by atoms with E-state index in [-0.39, 0.29) is 5.92 Å². The van der Waals surface area contributed by atoms with Crippen LogP contribution < -0.4 is 0 Å². The Bertz CT molecular complexity index is 726. The maximum atomic E-state index is 12.7. The minimum Gasteiger partial charge on any atom is -0.342 e. The standard InChI is InChI=1S/C21H24ClNO/c1-15-12-19(16(2)20(22)13-15)14-18-9-11-23(21(18)24)10-8-17-6-4-3-5-7-17/h3-7,12-13,18H,8-11,14H2,1-2H3. The fourth-order valence-electron chi connectivity index (χ4n) is 3.49. The predicted molar refractivity (Wildman–Crippen MR) is 99.5 cm³/mol. The lowest BCUT2D eigenvalue weighted by molar-refractivity contribution is -0.130. The highest BCUT2D eigenvalue weighted by molar-refractivity contribution is 6.31. The summed E-state index contributed by atoms with van der Waals surface area (Å²) in [6.07, 6.45) is 2.67. The van der Waals surface area contributed by atoms with E-state index in [1.165, 1.54) is 11.1 Å². The molecular weight excluding hydrogens is 318 g/mol. The van der Waals surface area contributed by atoms with Crippen molar-refractivity contribution >= 4 is 17.5 Å². The van der Waals surface area contributed by atoms with Crippen molar-refractivity contribution in [3.05, 3.63) is 69.7 Å².